The number of phenols is 2. The van der Waals surface area contributed by atoms with Gasteiger partial charge >= 0.3 is 0 Å². The topological polar surface area (TPSA) is 316 Å². The molecule has 4 aromatic rings. The molecule has 0 saturated heterocycles. The first kappa shape index (κ1) is 37.6. The quantitative estimate of drug-likeness (QED) is 0.0849. The van der Waals surface area contributed by atoms with Crippen LogP contribution in [0.1, 0.15) is 31.8 Å². The van der Waals surface area contributed by atoms with Crippen LogP contribution in [0.3, 0.4) is 0 Å². The molecule has 0 saturated carbocycles. The summed E-state index contributed by atoms with van der Waals surface area (Å²) in [6, 6.07) is 10.4. The van der Waals surface area contributed by atoms with Crippen molar-refractivity contribution in [3.63, 3.8) is 0 Å². The third kappa shape index (κ3) is 8.87. The van der Waals surface area contributed by atoms with E-state index in [-0.39, 0.29) is 22.5 Å². The maximum absolute atomic E-state index is 12.7. The van der Waals surface area contributed by atoms with Gasteiger partial charge in [0.2, 0.25) is 0 Å². The molecule has 0 atom stereocenters. The van der Waals surface area contributed by atoms with Crippen LogP contribution in [0.5, 0.6) is 11.5 Å². The lowest BCUT2D eigenvalue weighted by Gasteiger charge is -2.11. The fourth-order valence-electron chi connectivity index (χ4n) is 4.24. The Morgan fingerprint density at radius 2 is 0.820 bits per heavy atom. The smallest absolute Gasteiger partial charge is 0.295 e. The van der Waals surface area contributed by atoms with Crippen LogP contribution in [0.4, 0.5) is 11.4 Å². The molecule has 0 aliphatic carbocycles. The second kappa shape index (κ2) is 13.6. The van der Waals surface area contributed by atoms with Gasteiger partial charge < -0.3 is 20.8 Å². The summed E-state index contributed by atoms with van der Waals surface area (Å²) in [5.41, 5.74) is -2.40. The Morgan fingerprint density at radius 3 is 1.12 bits per heavy atom. The van der Waals surface area contributed by atoms with Crippen molar-refractivity contribution < 1.29 is 71.7 Å². The van der Waals surface area contributed by atoms with Gasteiger partial charge in [-0.15, -0.1) is 0 Å². The molecule has 0 heterocycles. The molecular weight excluding hydrogens is 749 g/mol. The van der Waals surface area contributed by atoms with Crippen molar-refractivity contribution >= 4 is 75.8 Å². The Balaban J connectivity index is 1.66. The average molecular weight is 771 g/mol. The number of carbonyl (C=O) groups is 2. The highest BCUT2D eigenvalue weighted by molar-refractivity contribution is 7.86. The van der Waals surface area contributed by atoms with E-state index in [0.717, 1.165) is 72.8 Å². The molecule has 0 unspecified atom stereocenters. The molecule has 0 aromatic heterocycles. The zero-order chi connectivity index (χ0) is 37.4. The van der Waals surface area contributed by atoms with Crippen molar-refractivity contribution in [3.05, 3.63) is 95.1 Å². The summed E-state index contributed by atoms with van der Waals surface area (Å²) >= 11 is 0. The first-order valence-electron chi connectivity index (χ1n) is 13.1. The lowest BCUT2D eigenvalue weighted by atomic mass is 10.1. The van der Waals surface area contributed by atoms with Gasteiger partial charge in [0.15, 0.2) is 0 Å². The number of carbonyl (C=O) groups excluding carboxylic acids is 2. The van der Waals surface area contributed by atoms with Crippen LogP contribution in [-0.4, -0.2) is 73.9 Å². The molecule has 0 spiro atoms. The summed E-state index contributed by atoms with van der Waals surface area (Å²) in [7, 11) is -19.6. The summed E-state index contributed by atoms with van der Waals surface area (Å²) in [5, 5.41) is 24.4. The lowest BCUT2D eigenvalue weighted by molar-refractivity contribution is 0.101. The predicted molar refractivity (Wildman–Crippen MR) is 173 cm³/mol. The van der Waals surface area contributed by atoms with E-state index in [0.29, 0.717) is 12.1 Å². The number of phenolic OH excluding ortho intramolecular Hbond substituents is 2. The molecule has 0 aliphatic rings. The van der Waals surface area contributed by atoms with E-state index < -0.39 is 94.5 Å². The second-order valence-corrected chi connectivity index (χ2v) is 15.6. The molecule has 2 amide bonds. The number of amides is 2. The van der Waals surface area contributed by atoms with Gasteiger partial charge in [0, 0.05) is 11.4 Å². The third-order valence-electron chi connectivity index (χ3n) is 6.56. The first-order valence-corrected chi connectivity index (χ1v) is 18.9. The maximum Gasteiger partial charge on any atom is 0.295 e. The average Bonchev–Trinajstić information content (AvgIpc) is 2.99. The highest BCUT2D eigenvalue weighted by Gasteiger charge is 2.22. The predicted octanol–water partition coefficient (Wildman–Crippen LogP) is 2.76. The van der Waals surface area contributed by atoms with Crippen LogP contribution in [0, 0.1) is 0 Å². The monoisotopic (exact) mass is 770 g/mol. The number of hydrogen-bond acceptors (Lipinski definition) is 12. The van der Waals surface area contributed by atoms with Gasteiger partial charge in [-0.25, -0.2) is 0 Å². The van der Waals surface area contributed by atoms with Gasteiger partial charge in [0.05, 0.1) is 20.9 Å². The Labute approximate surface area is 283 Å². The molecule has 4 rings (SSSR count). The SMILES string of the molecule is O=C(Nc1ccc(C=Cc2ccc(NC(=O)c3cc(S(=O)(=O)O)ccc3O)cc2S(=O)(=O)O)c(S(=O)(=O)O)c1)c1cc(S(=O)(=O)O)ccc1O. The van der Waals surface area contributed by atoms with Gasteiger partial charge in [0.25, 0.3) is 52.3 Å². The van der Waals surface area contributed by atoms with E-state index in [1.54, 1.807) is 0 Å². The molecule has 0 radical (unpaired) electrons. The number of nitrogens with one attached hydrogen (secondary N) is 2. The molecule has 0 fully saturated rings. The Morgan fingerprint density at radius 1 is 0.480 bits per heavy atom. The Bertz CT molecular complexity index is 2370. The van der Waals surface area contributed by atoms with E-state index in [1.165, 1.54) is 0 Å². The van der Waals surface area contributed by atoms with Crippen molar-refractivity contribution in [1.29, 1.82) is 0 Å². The van der Waals surface area contributed by atoms with E-state index >= 15 is 0 Å². The highest BCUT2D eigenvalue weighted by atomic mass is 32.2. The summed E-state index contributed by atoms with van der Waals surface area (Å²) < 4.78 is 133. The molecular formula is C28H22N2O16S4. The number of anilines is 2. The standard InChI is InChI=1S/C28H22N2O16S4/c31-23-9-7-19(47(35,36)37)13-21(23)27(33)29-17-5-3-15(25(11-17)49(41,42)43)1-2-16-4-6-18(12-26(16)50(44,45)46)30-28(34)22-14-20(48(38,39)40)8-10-24(22)32/h1-14,31-32H,(H,29,33)(H,30,34)(H,35,36,37)(H,38,39,40)(H,41,42,43)(H,44,45,46). The van der Waals surface area contributed by atoms with E-state index in [9.17, 15) is 71.7 Å². The summed E-state index contributed by atoms with van der Waals surface area (Å²) in [5.74, 6) is -3.70. The van der Waals surface area contributed by atoms with Crippen molar-refractivity contribution in [2.45, 2.75) is 19.6 Å². The number of rotatable bonds is 10. The lowest BCUT2D eigenvalue weighted by Crippen LogP contribution is -2.14. The van der Waals surface area contributed by atoms with Crippen LogP contribution in [0.15, 0.2) is 92.4 Å². The minimum Gasteiger partial charge on any atom is -0.507 e. The third-order valence-corrected chi connectivity index (χ3v) is 10.1. The maximum atomic E-state index is 12.7. The largest absolute Gasteiger partial charge is 0.507 e. The minimum absolute atomic E-state index is 0.283. The van der Waals surface area contributed by atoms with Crippen molar-refractivity contribution in [2.75, 3.05) is 10.6 Å². The number of hydrogen-bond donors (Lipinski definition) is 8. The van der Waals surface area contributed by atoms with Gasteiger partial charge in [-0.05, 0) is 71.8 Å². The Kier molecular flexibility index (Phi) is 10.2. The van der Waals surface area contributed by atoms with Crippen LogP contribution < -0.4 is 10.6 Å². The van der Waals surface area contributed by atoms with Crippen molar-refractivity contribution in [2.24, 2.45) is 0 Å². The fourth-order valence-corrected chi connectivity index (χ4v) is 6.67. The summed E-state index contributed by atoms with van der Waals surface area (Å²) in [4.78, 5) is 22.3. The van der Waals surface area contributed by atoms with Gasteiger partial charge in [-0.3, -0.25) is 27.8 Å². The molecule has 22 heteroatoms. The summed E-state index contributed by atoms with van der Waals surface area (Å²) in [6.45, 7) is 0. The fraction of sp³-hybridized carbons (Fsp3) is 0. The molecule has 0 bridgehead atoms. The van der Waals surface area contributed by atoms with Crippen LogP contribution in [-0.2, 0) is 40.5 Å². The zero-order valence-corrected chi connectivity index (χ0v) is 27.7. The van der Waals surface area contributed by atoms with Crippen LogP contribution in [0.2, 0.25) is 0 Å². The minimum atomic E-state index is -5.05. The molecule has 4 aromatic carbocycles. The van der Waals surface area contributed by atoms with E-state index in [1.807, 2.05) is 0 Å². The van der Waals surface area contributed by atoms with E-state index in [2.05, 4.69) is 10.6 Å². The first-order chi connectivity index (χ1) is 22.9. The van der Waals surface area contributed by atoms with Crippen LogP contribution >= 0.6 is 0 Å². The molecule has 264 valence electrons. The number of benzene rings is 4. The number of aromatic hydroxyl groups is 2. The van der Waals surface area contributed by atoms with E-state index in [4.69, 9.17) is 0 Å². The van der Waals surface area contributed by atoms with Gasteiger partial charge in [0.1, 0.15) is 21.3 Å². The van der Waals surface area contributed by atoms with Crippen molar-refractivity contribution in [1.82, 2.24) is 0 Å². The molecule has 50 heavy (non-hydrogen) atoms. The highest BCUT2D eigenvalue weighted by Crippen LogP contribution is 2.29. The molecule has 0 aliphatic heterocycles. The normalized spacial score (nSPS) is 12.5. The van der Waals surface area contributed by atoms with Gasteiger partial charge in [-0.1, -0.05) is 24.3 Å². The second-order valence-electron chi connectivity index (χ2n) is 10.0. The molecule has 8 N–H and O–H groups in total. The van der Waals surface area contributed by atoms with Gasteiger partial charge in [-0.2, -0.15) is 33.7 Å². The summed E-state index contributed by atoms with van der Waals surface area (Å²) in [6.07, 6.45) is 1.99. The Hall–Kier alpha value is -5.20. The molecule has 18 nitrogen and oxygen atoms in total. The van der Waals surface area contributed by atoms with Crippen molar-refractivity contribution in [3.8, 4) is 11.5 Å². The zero-order valence-electron chi connectivity index (χ0n) is 24.5. The van der Waals surface area contributed by atoms with Crippen LogP contribution in [0.25, 0.3) is 12.2 Å².